The number of nitrogens with zero attached hydrogens (tertiary/aromatic N) is 2. The minimum absolute atomic E-state index is 0.341. The van der Waals surface area contributed by atoms with E-state index in [1.807, 2.05) is 0 Å². The van der Waals surface area contributed by atoms with Crippen molar-refractivity contribution in [1.82, 2.24) is 9.97 Å². The Morgan fingerprint density at radius 3 is 2.94 bits per heavy atom. The van der Waals surface area contributed by atoms with Crippen molar-refractivity contribution < 1.29 is 4.74 Å². The van der Waals surface area contributed by atoms with E-state index >= 15 is 0 Å². The molecule has 0 radical (unpaired) electrons. The average Bonchev–Trinajstić information content (AvgIpc) is 2.72. The van der Waals surface area contributed by atoms with Crippen molar-refractivity contribution in [2.45, 2.75) is 13.5 Å². The van der Waals surface area contributed by atoms with Gasteiger partial charge in [0.05, 0.1) is 13.7 Å². The summed E-state index contributed by atoms with van der Waals surface area (Å²) in [6.45, 7) is 2.79. The van der Waals surface area contributed by atoms with Crippen molar-refractivity contribution in [3.05, 3.63) is 28.2 Å². The normalized spacial score (nSPS) is 10.2. The first-order valence-corrected chi connectivity index (χ1v) is 6.01. The Hall–Kier alpha value is -1.82. The molecule has 0 saturated heterocycles. The predicted octanol–water partition coefficient (Wildman–Crippen LogP) is 2.05. The maximum atomic E-state index is 5.70. The molecule has 0 aromatic carbocycles. The molecule has 2 aromatic rings. The van der Waals surface area contributed by atoms with Gasteiger partial charge in [0.25, 0.3) is 0 Å². The highest BCUT2D eigenvalue weighted by Gasteiger charge is 2.09. The summed E-state index contributed by atoms with van der Waals surface area (Å²) in [5.74, 6) is 1.45. The van der Waals surface area contributed by atoms with E-state index < -0.39 is 0 Å². The number of nitrogens with two attached hydrogens (primary N) is 1. The smallest absolute Gasteiger partial charge is 0.203 e. The molecule has 2 aromatic heterocycles. The van der Waals surface area contributed by atoms with E-state index in [-0.39, 0.29) is 0 Å². The molecule has 2 rings (SSSR count). The van der Waals surface area contributed by atoms with Crippen LogP contribution < -0.4 is 15.8 Å². The number of anilines is 2. The monoisotopic (exact) mass is 250 g/mol. The molecule has 0 aliphatic heterocycles. The van der Waals surface area contributed by atoms with Gasteiger partial charge in [0.2, 0.25) is 5.75 Å². The van der Waals surface area contributed by atoms with Gasteiger partial charge in [-0.25, -0.2) is 9.97 Å². The highest BCUT2D eigenvalue weighted by Crippen LogP contribution is 2.27. The van der Waals surface area contributed by atoms with Crippen LogP contribution in [0.2, 0.25) is 0 Å². The first kappa shape index (κ1) is 11.7. The van der Waals surface area contributed by atoms with Crippen LogP contribution in [0.4, 0.5) is 11.6 Å². The number of aryl methyl sites for hydroxylation is 1. The fourth-order valence-corrected chi connectivity index (χ4v) is 2.31. The summed E-state index contributed by atoms with van der Waals surface area (Å²) >= 11 is 1.71. The predicted molar refractivity (Wildman–Crippen MR) is 69.4 cm³/mol. The van der Waals surface area contributed by atoms with Gasteiger partial charge in [0.1, 0.15) is 6.33 Å². The van der Waals surface area contributed by atoms with Crippen LogP contribution in [0.5, 0.6) is 5.75 Å². The summed E-state index contributed by atoms with van der Waals surface area (Å²) in [4.78, 5) is 9.26. The highest BCUT2D eigenvalue weighted by atomic mass is 32.1. The molecule has 2 heterocycles. The van der Waals surface area contributed by atoms with Gasteiger partial charge < -0.3 is 15.8 Å². The topological polar surface area (TPSA) is 73.1 Å². The molecule has 0 bridgehead atoms. The Bertz CT molecular complexity index is 512. The first-order chi connectivity index (χ1) is 8.22. The second kappa shape index (κ2) is 5.01. The van der Waals surface area contributed by atoms with Crippen LogP contribution >= 0.6 is 11.3 Å². The van der Waals surface area contributed by atoms with Crippen LogP contribution in [0.15, 0.2) is 17.8 Å². The number of ether oxygens (including phenoxy) is 1. The summed E-state index contributed by atoms with van der Waals surface area (Å²) in [6, 6.07) is 2.09. The molecule has 3 N–H and O–H groups in total. The molecule has 0 amide bonds. The zero-order valence-corrected chi connectivity index (χ0v) is 10.5. The van der Waals surface area contributed by atoms with Gasteiger partial charge in [-0.05, 0) is 23.9 Å². The van der Waals surface area contributed by atoms with Crippen LogP contribution in [-0.4, -0.2) is 17.1 Å². The number of hydrogen-bond acceptors (Lipinski definition) is 6. The van der Waals surface area contributed by atoms with E-state index in [0.717, 1.165) is 0 Å². The molecule has 0 saturated carbocycles. The minimum atomic E-state index is 0.341. The van der Waals surface area contributed by atoms with Gasteiger partial charge in [0, 0.05) is 4.88 Å². The van der Waals surface area contributed by atoms with Gasteiger partial charge in [-0.15, -0.1) is 11.3 Å². The van der Waals surface area contributed by atoms with E-state index in [1.54, 1.807) is 18.4 Å². The van der Waals surface area contributed by atoms with Crippen molar-refractivity contribution in [2.75, 3.05) is 18.2 Å². The number of nitrogens with one attached hydrogen (secondary N) is 1. The molecule has 6 heteroatoms. The number of methoxy groups -OCH3 is 1. The molecule has 90 valence electrons. The lowest BCUT2D eigenvalue weighted by molar-refractivity contribution is 0.415. The SMILES string of the molecule is COc1c(N)ncnc1NCc1sccc1C. The van der Waals surface area contributed by atoms with Crippen LogP contribution in [0.25, 0.3) is 0 Å². The van der Waals surface area contributed by atoms with Crippen LogP contribution in [0.1, 0.15) is 10.4 Å². The molecule has 0 aliphatic carbocycles. The molecule has 17 heavy (non-hydrogen) atoms. The van der Waals surface area contributed by atoms with E-state index in [2.05, 4.69) is 33.7 Å². The summed E-state index contributed by atoms with van der Waals surface area (Å²) in [5, 5.41) is 5.27. The third-order valence-electron chi connectivity index (χ3n) is 2.42. The first-order valence-electron chi connectivity index (χ1n) is 5.13. The second-order valence-corrected chi connectivity index (χ2v) is 4.52. The standard InChI is InChI=1S/C11H14N4OS/c1-7-3-4-17-8(7)5-13-11-9(16-2)10(12)14-6-15-11/h3-4,6H,5H2,1-2H3,(H3,12,13,14,15). The summed E-state index contributed by atoms with van der Waals surface area (Å²) in [6.07, 6.45) is 1.42. The Morgan fingerprint density at radius 1 is 1.47 bits per heavy atom. The quantitative estimate of drug-likeness (QED) is 0.868. The summed E-state index contributed by atoms with van der Waals surface area (Å²) in [7, 11) is 1.55. The third-order valence-corrected chi connectivity index (χ3v) is 3.44. The summed E-state index contributed by atoms with van der Waals surface area (Å²) < 4.78 is 5.17. The third kappa shape index (κ3) is 2.47. The molecular formula is C11H14N4OS. The van der Waals surface area contributed by atoms with Gasteiger partial charge in [-0.3, -0.25) is 0 Å². The van der Waals surface area contributed by atoms with Crippen molar-refractivity contribution in [3.63, 3.8) is 0 Å². The molecule has 0 unspecified atom stereocenters. The Kier molecular flexibility index (Phi) is 3.43. The van der Waals surface area contributed by atoms with Crippen molar-refractivity contribution in [1.29, 1.82) is 0 Å². The van der Waals surface area contributed by atoms with Gasteiger partial charge in [-0.2, -0.15) is 0 Å². The fourth-order valence-electron chi connectivity index (χ4n) is 1.46. The zero-order valence-electron chi connectivity index (χ0n) is 9.73. The molecule has 0 spiro atoms. The largest absolute Gasteiger partial charge is 0.490 e. The maximum Gasteiger partial charge on any atom is 0.203 e. The number of hydrogen-bond donors (Lipinski definition) is 2. The molecule has 0 atom stereocenters. The van der Waals surface area contributed by atoms with Gasteiger partial charge in [-0.1, -0.05) is 0 Å². The number of nitrogen functional groups attached to an aromatic ring is 1. The van der Waals surface area contributed by atoms with Crippen molar-refractivity contribution >= 4 is 23.0 Å². The van der Waals surface area contributed by atoms with E-state index in [0.29, 0.717) is 23.9 Å². The Morgan fingerprint density at radius 2 is 2.29 bits per heavy atom. The molecule has 5 nitrogen and oxygen atoms in total. The molecule has 0 fully saturated rings. The highest BCUT2D eigenvalue weighted by molar-refractivity contribution is 7.10. The zero-order chi connectivity index (χ0) is 12.3. The van der Waals surface area contributed by atoms with E-state index in [1.165, 1.54) is 16.8 Å². The van der Waals surface area contributed by atoms with Crippen molar-refractivity contribution in [2.24, 2.45) is 0 Å². The van der Waals surface area contributed by atoms with Crippen LogP contribution in [-0.2, 0) is 6.54 Å². The van der Waals surface area contributed by atoms with Crippen molar-refractivity contribution in [3.8, 4) is 5.75 Å². The number of thiophene rings is 1. The number of aromatic nitrogens is 2. The lowest BCUT2D eigenvalue weighted by atomic mass is 10.3. The molecular weight excluding hydrogens is 236 g/mol. The van der Waals surface area contributed by atoms with Crippen LogP contribution in [0.3, 0.4) is 0 Å². The Labute approximate surface area is 104 Å². The van der Waals surface area contributed by atoms with E-state index in [9.17, 15) is 0 Å². The average molecular weight is 250 g/mol. The lowest BCUT2D eigenvalue weighted by Gasteiger charge is -2.10. The molecule has 0 aliphatic rings. The minimum Gasteiger partial charge on any atom is -0.490 e. The van der Waals surface area contributed by atoms with Gasteiger partial charge in [0.15, 0.2) is 11.6 Å². The van der Waals surface area contributed by atoms with Gasteiger partial charge >= 0.3 is 0 Å². The Balaban J connectivity index is 2.14. The second-order valence-electron chi connectivity index (χ2n) is 3.52. The summed E-state index contributed by atoms with van der Waals surface area (Å²) in [5.41, 5.74) is 6.96. The maximum absolute atomic E-state index is 5.70. The lowest BCUT2D eigenvalue weighted by Crippen LogP contribution is -2.06. The van der Waals surface area contributed by atoms with E-state index in [4.69, 9.17) is 10.5 Å². The van der Waals surface area contributed by atoms with Crippen LogP contribution in [0, 0.1) is 6.92 Å². The number of rotatable bonds is 4. The fraction of sp³-hybridized carbons (Fsp3) is 0.273.